The highest BCUT2D eigenvalue weighted by Gasteiger charge is 2.04. The van der Waals surface area contributed by atoms with E-state index >= 15 is 0 Å². The molecule has 0 saturated heterocycles. The van der Waals surface area contributed by atoms with Crippen molar-refractivity contribution in [1.82, 2.24) is 5.43 Å². The first-order chi connectivity index (χ1) is 13.6. The van der Waals surface area contributed by atoms with Crippen molar-refractivity contribution in [2.24, 2.45) is 5.10 Å². The third-order valence-electron chi connectivity index (χ3n) is 3.44. The molecule has 0 aliphatic rings. The Morgan fingerprint density at radius 1 is 1.11 bits per heavy atom. The van der Waals surface area contributed by atoms with Gasteiger partial charge in [-0.25, -0.2) is 5.43 Å². The van der Waals surface area contributed by atoms with Crippen LogP contribution in [-0.2, 0) is 4.79 Å². The van der Waals surface area contributed by atoms with E-state index in [1.54, 1.807) is 13.2 Å². The summed E-state index contributed by atoms with van der Waals surface area (Å²) >= 11 is 8.78. The van der Waals surface area contributed by atoms with Gasteiger partial charge in [0.2, 0.25) is 5.91 Å². The molecular weight excluding hydrogens is 416 g/mol. The van der Waals surface area contributed by atoms with Crippen LogP contribution in [0, 0.1) is 0 Å². The molecule has 1 heterocycles. The number of carbonyl (C=O) groups excluding carboxylic acids is 1. The second kappa shape index (κ2) is 10.3. The summed E-state index contributed by atoms with van der Waals surface area (Å²) in [6, 6.07) is 18.7. The van der Waals surface area contributed by atoms with Crippen molar-refractivity contribution in [3.63, 3.8) is 0 Å². The monoisotopic (exact) mass is 432 g/mol. The van der Waals surface area contributed by atoms with Gasteiger partial charge in [0.25, 0.3) is 0 Å². The minimum absolute atomic E-state index is 0.195. The number of carbonyl (C=O) groups is 1. The van der Waals surface area contributed by atoms with E-state index in [9.17, 15) is 4.79 Å². The van der Waals surface area contributed by atoms with E-state index in [-0.39, 0.29) is 11.7 Å². The molecule has 0 saturated carbocycles. The summed E-state index contributed by atoms with van der Waals surface area (Å²) in [5, 5.41) is 5.35. The lowest BCUT2D eigenvalue weighted by Crippen LogP contribution is -2.19. The Morgan fingerprint density at radius 2 is 1.82 bits per heavy atom. The number of hydrogen-bond acceptors (Lipinski definition) is 6. The summed E-state index contributed by atoms with van der Waals surface area (Å²) in [7, 11) is 1.62. The summed E-state index contributed by atoms with van der Waals surface area (Å²) in [5.41, 5.74) is 2.49. The Bertz CT molecular complexity index is 941. The van der Waals surface area contributed by atoms with Crippen LogP contribution in [0.3, 0.4) is 0 Å². The summed E-state index contributed by atoms with van der Waals surface area (Å²) < 4.78 is 10.8. The van der Waals surface area contributed by atoms with Crippen molar-refractivity contribution in [3.05, 3.63) is 71.4 Å². The molecule has 144 valence electrons. The largest absolute Gasteiger partial charge is 0.497 e. The molecule has 1 amide bonds. The van der Waals surface area contributed by atoms with Crippen molar-refractivity contribution < 1.29 is 13.9 Å². The molecule has 0 atom stereocenters. The number of thioether (sulfide) groups is 1. The number of benzene rings is 2. The molecule has 1 aromatic heterocycles. The number of furan rings is 1. The zero-order valence-corrected chi connectivity index (χ0v) is 17.3. The van der Waals surface area contributed by atoms with Crippen molar-refractivity contribution in [3.8, 4) is 5.75 Å². The number of hydrogen-bond donors (Lipinski definition) is 1. The predicted molar refractivity (Wildman–Crippen MR) is 114 cm³/mol. The van der Waals surface area contributed by atoms with Crippen molar-refractivity contribution in [2.45, 2.75) is 14.9 Å². The molecule has 0 bridgehead atoms. The van der Waals surface area contributed by atoms with Gasteiger partial charge in [0, 0.05) is 14.8 Å². The molecule has 2 aromatic carbocycles. The second-order valence-corrected chi connectivity index (χ2v) is 8.03. The van der Waals surface area contributed by atoms with Gasteiger partial charge in [0.15, 0.2) is 5.09 Å². The first kappa shape index (κ1) is 20.4. The maximum absolute atomic E-state index is 11.9. The third-order valence-corrected chi connectivity index (χ3v) is 5.64. The smallest absolute Gasteiger partial charge is 0.250 e. The Kier molecular flexibility index (Phi) is 7.47. The molecule has 0 spiro atoms. The average Bonchev–Trinajstić information content (AvgIpc) is 3.16. The molecule has 8 heteroatoms. The summed E-state index contributed by atoms with van der Waals surface area (Å²) in [4.78, 5) is 13.9. The number of rotatable bonds is 8. The Labute approximate surface area is 176 Å². The van der Waals surface area contributed by atoms with Gasteiger partial charge in [0.1, 0.15) is 11.5 Å². The van der Waals surface area contributed by atoms with Crippen LogP contribution in [0.4, 0.5) is 0 Å². The predicted octanol–water partition coefficient (Wildman–Crippen LogP) is 5.34. The topological polar surface area (TPSA) is 63.8 Å². The quantitative estimate of drug-likeness (QED) is 0.296. The van der Waals surface area contributed by atoms with Gasteiger partial charge >= 0.3 is 0 Å². The highest BCUT2D eigenvalue weighted by molar-refractivity contribution is 8.00. The van der Waals surface area contributed by atoms with E-state index in [0.717, 1.165) is 20.6 Å². The fourth-order valence-electron chi connectivity index (χ4n) is 2.10. The van der Waals surface area contributed by atoms with E-state index in [1.807, 2.05) is 54.6 Å². The Balaban J connectivity index is 1.44. The zero-order chi connectivity index (χ0) is 19.8. The fraction of sp³-hybridized carbons (Fsp3) is 0.100. The van der Waals surface area contributed by atoms with Crippen LogP contribution in [0.1, 0.15) is 5.76 Å². The van der Waals surface area contributed by atoms with Gasteiger partial charge in [0.05, 0.1) is 19.1 Å². The number of nitrogens with zero attached hydrogens (tertiary/aromatic N) is 1. The van der Waals surface area contributed by atoms with Crippen LogP contribution < -0.4 is 10.2 Å². The Morgan fingerprint density at radius 3 is 2.54 bits per heavy atom. The normalized spacial score (nSPS) is 10.9. The molecule has 3 aromatic rings. The van der Waals surface area contributed by atoms with Crippen LogP contribution in [-0.4, -0.2) is 25.0 Å². The van der Waals surface area contributed by atoms with Crippen LogP contribution in [0.15, 0.2) is 85.1 Å². The van der Waals surface area contributed by atoms with E-state index in [4.69, 9.17) is 20.8 Å². The highest BCUT2D eigenvalue weighted by Crippen LogP contribution is 2.29. The average molecular weight is 433 g/mol. The molecule has 0 aliphatic heterocycles. The van der Waals surface area contributed by atoms with Gasteiger partial charge in [-0.3, -0.25) is 4.79 Å². The molecule has 1 N–H and O–H groups in total. The highest BCUT2D eigenvalue weighted by atomic mass is 35.5. The number of halogens is 1. The Hall–Kier alpha value is -2.35. The van der Waals surface area contributed by atoms with Crippen LogP contribution in [0.5, 0.6) is 5.75 Å². The minimum atomic E-state index is -0.195. The van der Waals surface area contributed by atoms with Gasteiger partial charge in [-0.2, -0.15) is 5.10 Å². The number of ether oxygens (including phenoxy) is 1. The van der Waals surface area contributed by atoms with E-state index in [2.05, 4.69) is 10.5 Å². The molecule has 28 heavy (non-hydrogen) atoms. The molecule has 0 unspecified atom stereocenters. The molecule has 0 aliphatic carbocycles. The van der Waals surface area contributed by atoms with E-state index in [0.29, 0.717) is 10.8 Å². The molecule has 3 rings (SSSR count). The van der Waals surface area contributed by atoms with Crippen LogP contribution in [0.25, 0.3) is 0 Å². The maximum atomic E-state index is 11.9. The number of nitrogens with one attached hydrogen (secondary N) is 1. The van der Waals surface area contributed by atoms with E-state index < -0.39 is 0 Å². The van der Waals surface area contributed by atoms with Crippen LogP contribution in [0.2, 0.25) is 5.02 Å². The van der Waals surface area contributed by atoms with Crippen molar-refractivity contribution in [1.29, 1.82) is 0 Å². The summed E-state index contributed by atoms with van der Waals surface area (Å²) in [6.45, 7) is 0. The lowest BCUT2D eigenvalue weighted by atomic mass is 10.3. The molecule has 0 fully saturated rings. The lowest BCUT2D eigenvalue weighted by molar-refractivity contribution is -0.118. The SMILES string of the molecule is COc1ccc(SCC(=O)N/N=C/c2ccc(Sc3ccc(Cl)cc3)o2)cc1. The number of amides is 1. The first-order valence-corrected chi connectivity index (χ1v) is 10.4. The lowest BCUT2D eigenvalue weighted by Gasteiger charge is -2.02. The fourth-order valence-corrected chi connectivity index (χ4v) is 3.69. The summed E-state index contributed by atoms with van der Waals surface area (Å²) in [6.07, 6.45) is 1.47. The maximum Gasteiger partial charge on any atom is 0.250 e. The van der Waals surface area contributed by atoms with Crippen molar-refractivity contribution >= 4 is 47.2 Å². The van der Waals surface area contributed by atoms with Gasteiger partial charge in [-0.15, -0.1) is 11.8 Å². The van der Waals surface area contributed by atoms with E-state index in [1.165, 1.54) is 29.7 Å². The van der Waals surface area contributed by atoms with Gasteiger partial charge < -0.3 is 9.15 Å². The molecule has 0 radical (unpaired) electrons. The van der Waals surface area contributed by atoms with Crippen molar-refractivity contribution in [2.75, 3.05) is 12.9 Å². The summed E-state index contributed by atoms with van der Waals surface area (Å²) in [5.74, 6) is 1.41. The molecular formula is C20H17ClN2O3S2. The molecule has 5 nitrogen and oxygen atoms in total. The number of hydrazone groups is 1. The second-order valence-electron chi connectivity index (χ2n) is 5.47. The van der Waals surface area contributed by atoms with Crippen LogP contribution >= 0.6 is 35.1 Å². The standard InChI is InChI=1S/C20H17ClN2O3S2/c1-25-15-4-9-17(10-5-15)27-13-19(24)23-22-12-16-6-11-20(26-16)28-18-7-2-14(21)3-8-18/h2-12H,13H2,1H3,(H,23,24)/b22-12+. The zero-order valence-electron chi connectivity index (χ0n) is 14.9. The van der Waals surface area contributed by atoms with Gasteiger partial charge in [-0.1, -0.05) is 23.4 Å². The minimum Gasteiger partial charge on any atom is -0.497 e. The third kappa shape index (κ3) is 6.37. The van der Waals surface area contributed by atoms with Gasteiger partial charge in [-0.05, 0) is 60.7 Å². The first-order valence-electron chi connectivity index (χ1n) is 8.24. The number of methoxy groups -OCH3 is 1.